The highest BCUT2D eigenvalue weighted by molar-refractivity contribution is 5.90. The van der Waals surface area contributed by atoms with E-state index in [4.69, 9.17) is 0 Å². The van der Waals surface area contributed by atoms with Gasteiger partial charge in [0.15, 0.2) is 11.2 Å². The maximum absolute atomic E-state index is 13.9. The Morgan fingerprint density at radius 1 is 0.833 bits per heavy atom. The molecule has 0 heterocycles. The largest absolute Gasteiger partial charge is 0.428 e. The van der Waals surface area contributed by atoms with Gasteiger partial charge in [-0.05, 0) is 12.0 Å². The van der Waals surface area contributed by atoms with Crippen molar-refractivity contribution in [2.75, 3.05) is 7.11 Å². The lowest BCUT2D eigenvalue weighted by Crippen LogP contribution is -2.52. The molecule has 0 bridgehead atoms. The van der Waals surface area contributed by atoms with Crippen LogP contribution in [-0.4, -0.2) is 31.5 Å². The third kappa shape index (κ3) is 3.98. The standard InChI is InChI=1S/C21H17F6O3/c1-30-19(21(25,26)27,16-10-6-3-7-11-16)17(29)12-13-18(14-28,20(22,23)24)15-8-4-2-5-9-15/h2-11H,12-13H2,1H3. The molecule has 2 aromatic rings. The minimum atomic E-state index is -5.25. The summed E-state index contributed by atoms with van der Waals surface area (Å²) in [5.74, 6) is -1.65. The Balaban J connectivity index is 2.50. The average molecular weight is 431 g/mol. The first-order valence-corrected chi connectivity index (χ1v) is 8.68. The number of alkyl halides is 6. The normalized spacial score (nSPS) is 16.4. The minimum absolute atomic E-state index is 0.518. The number of methoxy groups -OCH3 is 1. The van der Waals surface area contributed by atoms with Gasteiger partial charge in [-0.2, -0.15) is 26.3 Å². The number of Topliss-reactive ketones (excluding diaryl/α,β-unsaturated/α-hetero) is 1. The Labute approximate surface area is 168 Å². The molecule has 3 nitrogen and oxygen atoms in total. The van der Waals surface area contributed by atoms with Gasteiger partial charge in [-0.25, -0.2) is 0 Å². The van der Waals surface area contributed by atoms with Crippen LogP contribution in [0.1, 0.15) is 24.0 Å². The van der Waals surface area contributed by atoms with Crippen LogP contribution in [0.4, 0.5) is 26.3 Å². The summed E-state index contributed by atoms with van der Waals surface area (Å²) in [5.41, 5.74) is -7.82. The number of carbonyl (C=O) groups is 1. The van der Waals surface area contributed by atoms with E-state index in [1.165, 1.54) is 36.4 Å². The van der Waals surface area contributed by atoms with Gasteiger partial charge < -0.3 is 4.74 Å². The summed E-state index contributed by atoms with van der Waals surface area (Å²) in [7, 11) is 0.651. The molecule has 9 heteroatoms. The van der Waals surface area contributed by atoms with Crippen molar-refractivity contribution < 1.29 is 40.7 Å². The van der Waals surface area contributed by atoms with E-state index in [0.29, 0.717) is 7.11 Å². The Morgan fingerprint density at radius 2 is 1.30 bits per heavy atom. The molecule has 0 amide bonds. The third-order valence-corrected chi connectivity index (χ3v) is 4.93. The van der Waals surface area contributed by atoms with Crippen molar-refractivity contribution in [3.63, 3.8) is 0 Å². The van der Waals surface area contributed by atoms with Crippen molar-refractivity contribution in [1.29, 1.82) is 0 Å². The van der Waals surface area contributed by atoms with Gasteiger partial charge in [-0.15, -0.1) is 0 Å². The zero-order valence-corrected chi connectivity index (χ0v) is 15.7. The first kappa shape index (κ1) is 23.6. The Kier molecular flexibility index (Phi) is 6.76. The van der Waals surface area contributed by atoms with Gasteiger partial charge in [0.2, 0.25) is 11.9 Å². The van der Waals surface area contributed by atoms with Gasteiger partial charge in [0.05, 0.1) is 0 Å². The summed E-state index contributed by atoms with van der Waals surface area (Å²) in [5, 5.41) is 0. The number of hydrogen-bond donors (Lipinski definition) is 0. The molecule has 30 heavy (non-hydrogen) atoms. The fraction of sp³-hybridized carbons (Fsp3) is 0.333. The van der Waals surface area contributed by atoms with Crippen LogP contribution in [0.5, 0.6) is 0 Å². The van der Waals surface area contributed by atoms with E-state index >= 15 is 0 Å². The second-order valence-electron chi connectivity index (χ2n) is 6.54. The Morgan fingerprint density at radius 3 is 1.67 bits per heavy atom. The molecule has 2 unspecified atom stereocenters. The molecule has 2 atom stereocenters. The lowest BCUT2D eigenvalue weighted by molar-refractivity contribution is -0.265. The van der Waals surface area contributed by atoms with Gasteiger partial charge in [0.1, 0.15) is 0 Å². The molecule has 0 aliphatic rings. The summed E-state index contributed by atoms with van der Waals surface area (Å²) >= 11 is 0. The third-order valence-electron chi connectivity index (χ3n) is 4.93. The maximum Gasteiger partial charge on any atom is 0.428 e. The van der Waals surface area contributed by atoms with Crippen LogP contribution in [0.25, 0.3) is 0 Å². The second-order valence-corrected chi connectivity index (χ2v) is 6.54. The van der Waals surface area contributed by atoms with E-state index in [0.717, 1.165) is 30.6 Å². The molecule has 2 aromatic carbocycles. The van der Waals surface area contributed by atoms with Crippen LogP contribution in [0, 0.1) is 0 Å². The van der Waals surface area contributed by atoms with Gasteiger partial charge in [0.25, 0.3) is 0 Å². The first-order chi connectivity index (χ1) is 14.0. The summed E-state index contributed by atoms with van der Waals surface area (Å²) in [6.45, 7) is 0. The number of ketones is 1. The molecule has 0 saturated heterocycles. The Bertz CT molecular complexity index is 864. The second kappa shape index (κ2) is 8.59. The van der Waals surface area contributed by atoms with Gasteiger partial charge in [0, 0.05) is 19.1 Å². The molecule has 1 radical (unpaired) electrons. The fourth-order valence-electron chi connectivity index (χ4n) is 3.32. The van der Waals surface area contributed by atoms with Gasteiger partial charge in [-0.1, -0.05) is 60.7 Å². The van der Waals surface area contributed by atoms with Crippen molar-refractivity contribution >= 4 is 12.1 Å². The van der Waals surface area contributed by atoms with E-state index in [1.807, 2.05) is 0 Å². The molecule has 0 aromatic heterocycles. The fourth-order valence-corrected chi connectivity index (χ4v) is 3.32. The monoisotopic (exact) mass is 431 g/mol. The smallest absolute Gasteiger partial charge is 0.358 e. The number of halogens is 6. The van der Waals surface area contributed by atoms with Crippen molar-refractivity contribution in [3.8, 4) is 0 Å². The van der Waals surface area contributed by atoms with Gasteiger partial charge in [-0.3, -0.25) is 9.59 Å². The summed E-state index contributed by atoms with van der Waals surface area (Å²) in [4.78, 5) is 24.2. The molecule has 0 spiro atoms. The molecule has 0 aliphatic carbocycles. The maximum atomic E-state index is 13.9. The Hall–Kier alpha value is -2.68. The number of rotatable bonds is 8. The number of carbonyl (C=O) groups excluding carboxylic acids is 2. The van der Waals surface area contributed by atoms with Crippen molar-refractivity contribution in [2.45, 2.75) is 36.2 Å². The lowest BCUT2D eigenvalue weighted by Gasteiger charge is -2.35. The van der Waals surface area contributed by atoms with E-state index < -0.39 is 53.1 Å². The average Bonchev–Trinajstić information content (AvgIpc) is 2.69. The van der Waals surface area contributed by atoms with Crippen LogP contribution in [0.3, 0.4) is 0 Å². The van der Waals surface area contributed by atoms with E-state index in [2.05, 4.69) is 4.74 Å². The van der Waals surface area contributed by atoms with E-state index in [9.17, 15) is 35.9 Å². The van der Waals surface area contributed by atoms with Crippen LogP contribution in [0.2, 0.25) is 0 Å². The van der Waals surface area contributed by atoms with Crippen LogP contribution >= 0.6 is 0 Å². The van der Waals surface area contributed by atoms with Crippen molar-refractivity contribution in [1.82, 2.24) is 0 Å². The van der Waals surface area contributed by atoms with Crippen LogP contribution in [-0.2, 0) is 25.3 Å². The predicted molar refractivity (Wildman–Crippen MR) is 95.3 cm³/mol. The number of benzene rings is 2. The van der Waals surface area contributed by atoms with Crippen LogP contribution < -0.4 is 0 Å². The molecular weight excluding hydrogens is 414 g/mol. The van der Waals surface area contributed by atoms with Crippen molar-refractivity contribution in [2.24, 2.45) is 0 Å². The zero-order valence-electron chi connectivity index (χ0n) is 15.7. The molecule has 0 saturated carbocycles. The van der Waals surface area contributed by atoms with Crippen LogP contribution in [0.15, 0.2) is 60.7 Å². The van der Waals surface area contributed by atoms with E-state index in [-0.39, 0.29) is 0 Å². The minimum Gasteiger partial charge on any atom is -0.358 e. The molecule has 2 rings (SSSR count). The highest BCUT2D eigenvalue weighted by atomic mass is 19.4. The lowest BCUT2D eigenvalue weighted by atomic mass is 9.75. The molecular formula is C21H17F6O3. The van der Waals surface area contributed by atoms with Gasteiger partial charge >= 0.3 is 12.4 Å². The molecule has 0 N–H and O–H groups in total. The topological polar surface area (TPSA) is 43.4 Å². The highest BCUT2D eigenvalue weighted by Gasteiger charge is 2.63. The van der Waals surface area contributed by atoms with E-state index in [1.54, 1.807) is 0 Å². The SMILES string of the molecule is COC(C(=O)CCC([C]=O)(c1ccccc1)C(F)(F)F)(c1ccccc1)C(F)(F)F. The number of hydrogen-bond acceptors (Lipinski definition) is 3. The number of ether oxygens (including phenoxy) is 1. The quantitative estimate of drug-likeness (QED) is 0.550. The molecule has 161 valence electrons. The molecule has 0 aliphatic heterocycles. The first-order valence-electron chi connectivity index (χ1n) is 8.68. The van der Waals surface area contributed by atoms with Crippen molar-refractivity contribution in [3.05, 3.63) is 71.8 Å². The summed E-state index contributed by atoms with van der Waals surface area (Å²) in [6.07, 6.45) is -12.0. The highest BCUT2D eigenvalue weighted by Crippen LogP contribution is 2.47. The summed E-state index contributed by atoms with van der Waals surface area (Å²) in [6, 6.07) is 11.8. The zero-order chi connectivity index (χ0) is 22.6. The summed E-state index contributed by atoms with van der Waals surface area (Å²) < 4.78 is 87.8. The molecule has 0 fully saturated rings. The predicted octanol–water partition coefficient (Wildman–Crippen LogP) is 5.05.